The Balaban J connectivity index is 1.64. The van der Waals surface area contributed by atoms with Crippen LogP contribution in [0.5, 0.6) is 5.75 Å². The Morgan fingerprint density at radius 2 is 1.82 bits per heavy atom. The molecule has 3 heterocycles. The summed E-state index contributed by atoms with van der Waals surface area (Å²) in [5, 5.41) is 14.6. The van der Waals surface area contributed by atoms with Crippen LogP contribution >= 0.6 is 0 Å². The smallest absolute Gasteiger partial charge is 0.355 e. The van der Waals surface area contributed by atoms with Gasteiger partial charge in [-0.25, -0.2) is 9.78 Å². The lowest BCUT2D eigenvalue weighted by Gasteiger charge is -2.17. The third-order valence-electron chi connectivity index (χ3n) is 6.41. The maximum atomic E-state index is 13.5. The summed E-state index contributed by atoms with van der Waals surface area (Å²) in [6.07, 6.45) is 5.81. The summed E-state index contributed by atoms with van der Waals surface area (Å²) in [5.41, 5.74) is 5.15. The highest BCUT2D eigenvalue weighted by molar-refractivity contribution is 5.81. The van der Waals surface area contributed by atoms with Crippen LogP contribution in [-0.4, -0.2) is 30.4 Å². The van der Waals surface area contributed by atoms with Gasteiger partial charge in [0.25, 0.3) is 0 Å². The molecule has 5 rings (SSSR count). The Kier molecular flexibility index (Phi) is 4.90. The lowest BCUT2D eigenvalue weighted by molar-refractivity contribution is 0.0782. The van der Waals surface area contributed by atoms with Crippen molar-refractivity contribution in [3.8, 4) is 22.7 Å². The predicted octanol–water partition coefficient (Wildman–Crippen LogP) is 4.24. The van der Waals surface area contributed by atoms with Crippen LogP contribution in [0.15, 0.2) is 47.5 Å². The van der Waals surface area contributed by atoms with Crippen molar-refractivity contribution in [2.75, 3.05) is 0 Å². The molecule has 1 aliphatic rings. The van der Waals surface area contributed by atoms with Gasteiger partial charge in [-0.2, -0.15) is 9.78 Å². The number of aryl methyl sites for hydroxylation is 2. The molecule has 0 spiro atoms. The quantitative estimate of drug-likeness (QED) is 0.498. The minimum Gasteiger partial charge on any atom is -0.490 e. The zero-order chi connectivity index (χ0) is 23.5. The van der Waals surface area contributed by atoms with Gasteiger partial charge in [0.05, 0.1) is 23.4 Å². The van der Waals surface area contributed by atoms with Crippen LogP contribution in [0, 0.1) is 20.8 Å². The lowest BCUT2D eigenvalue weighted by atomic mass is 9.97. The van der Waals surface area contributed by atoms with Crippen molar-refractivity contribution in [3.63, 3.8) is 0 Å². The largest absolute Gasteiger partial charge is 0.490 e. The molecule has 1 aliphatic carbocycles. The number of nitrogens with zero attached hydrogens (tertiary/aromatic N) is 4. The third kappa shape index (κ3) is 3.62. The summed E-state index contributed by atoms with van der Waals surface area (Å²) in [6.45, 7) is 9.44. The second-order valence-corrected chi connectivity index (χ2v) is 9.36. The summed E-state index contributed by atoms with van der Waals surface area (Å²) in [5.74, 6) is 1.30. The number of fused-ring (bicyclic) bond motifs is 1. The third-order valence-corrected chi connectivity index (χ3v) is 6.41. The normalized spacial score (nSPS) is 14.1. The van der Waals surface area contributed by atoms with Gasteiger partial charge in [0.15, 0.2) is 5.82 Å². The van der Waals surface area contributed by atoms with Crippen LogP contribution in [-0.2, 0) is 5.60 Å². The molecule has 0 saturated heterocycles. The molecule has 0 bridgehead atoms. The van der Waals surface area contributed by atoms with Gasteiger partial charge in [-0.05, 0) is 76.3 Å². The second kappa shape index (κ2) is 7.56. The van der Waals surface area contributed by atoms with Gasteiger partial charge in [-0.15, -0.1) is 0 Å². The van der Waals surface area contributed by atoms with Crippen LogP contribution < -0.4 is 10.4 Å². The summed E-state index contributed by atoms with van der Waals surface area (Å²) in [7, 11) is 0. The van der Waals surface area contributed by atoms with Crippen molar-refractivity contribution in [1.82, 2.24) is 19.2 Å². The fourth-order valence-corrected chi connectivity index (χ4v) is 4.32. The van der Waals surface area contributed by atoms with Crippen LogP contribution in [0.4, 0.5) is 0 Å². The average molecular weight is 445 g/mol. The van der Waals surface area contributed by atoms with Gasteiger partial charge >= 0.3 is 5.69 Å². The summed E-state index contributed by atoms with van der Waals surface area (Å²) >= 11 is 0. The molecule has 0 atom stereocenters. The molecular weight excluding hydrogens is 416 g/mol. The fraction of sp³-hybridized carbons (Fsp3) is 0.346. The Morgan fingerprint density at radius 3 is 2.45 bits per heavy atom. The summed E-state index contributed by atoms with van der Waals surface area (Å²) in [6, 6.07) is 9.55. The maximum Gasteiger partial charge on any atom is 0.355 e. The van der Waals surface area contributed by atoms with Gasteiger partial charge in [-0.3, -0.25) is 4.40 Å². The van der Waals surface area contributed by atoms with Gasteiger partial charge in [-0.1, -0.05) is 18.2 Å². The van der Waals surface area contributed by atoms with E-state index in [1.807, 2.05) is 26.0 Å². The number of benzene rings is 1. The zero-order valence-electron chi connectivity index (χ0n) is 19.6. The fourth-order valence-electron chi connectivity index (χ4n) is 4.32. The standard InChI is InChI=1S/C26H28N4O3/c1-15-20(7-6-8-22(15)33-19-10-11-19)24-16(2)21-14-28-30(25(31)29(21)17(24)3)23-12-9-18(13-27-23)26(4,5)32/h6-9,12-14,19,32H,10-11H2,1-5H3. The molecule has 1 aromatic carbocycles. The predicted molar refractivity (Wildman–Crippen MR) is 127 cm³/mol. The van der Waals surface area contributed by atoms with Crippen LogP contribution in [0.2, 0.25) is 0 Å². The SMILES string of the molecule is Cc1c(OC2CC2)cccc1-c1c(C)c2cnn(-c3ccc(C(C)(C)O)cn3)c(=O)n2c1C. The highest BCUT2D eigenvalue weighted by Crippen LogP contribution is 2.38. The minimum absolute atomic E-state index is 0.286. The number of pyridine rings is 1. The molecule has 0 aliphatic heterocycles. The van der Waals surface area contributed by atoms with E-state index >= 15 is 0 Å². The second-order valence-electron chi connectivity index (χ2n) is 9.36. The Bertz CT molecular complexity index is 1420. The van der Waals surface area contributed by atoms with E-state index < -0.39 is 5.60 Å². The number of ether oxygens (including phenoxy) is 1. The molecule has 7 nitrogen and oxygen atoms in total. The van der Waals surface area contributed by atoms with Gasteiger partial charge < -0.3 is 9.84 Å². The first-order valence-electron chi connectivity index (χ1n) is 11.2. The van der Waals surface area contributed by atoms with E-state index in [-0.39, 0.29) is 5.69 Å². The first-order valence-corrected chi connectivity index (χ1v) is 11.2. The summed E-state index contributed by atoms with van der Waals surface area (Å²) in [4.78, 5) is 17.9. The van der Waals surface area contributed by atoms with E-state index in [0.29, 0.717) is 17.5 Å². The van der Waals surface area contributed by atoms with E-state index in [2.05, 4.69) is 23.1 Å². The molecule has 4 aromatic rings. The van der Waals surface area contributed by atoms with Gasteiger partial charge in [0.2, 0.25) is 0 Å². The maximum absolute atomic E-state index is 13.5. The molecule has 0 unspecified atom stereocenters. The molecular formula is C26H28N4O3. The Hall–Kier alpha value is -3.45. The number of hydrogen-bond donors (Lipinski definition) is 1. The number of aliphatic hydroxyl groups is 1. The van der Waals surface area contributed by atoms with E-state index in [0.717, 1.165) is 52.1 Å². The first kappa shape index (κ1) is 21.4. The molecule has 0 amide bonds. The van der Waals surface area contributed by atoms with E-state index in [9.17, 15) is 9.90 Å². The Morgan fingerprint density at radius 1 is 1.06 bits per heavy atom. The molecule has 1 saturated carbocycles. The zero-order valence-corrected chi connectivity index (χ0v) is 19.6. The highest BCUT2D eigenvalue weighted by Gasteiger charge is 2.26. The van der Waals surface area contributed by atoms with Crippen molar-refractivity contribution >= 4 is 5.52 Å². The van der Waals surface area contributed by atoms with Crippen molar-refractivity contribution in [2.45, 2.75) is 59.2 Å². The van der Waals surface area contributed by atoms with Crippen molar-refractivity contribution in [1.29, 1.82) is 0 Å². The first-order chi connectivity index (χ1) is 15.7. The molecule has 1 fully saturated rings. The molecule has 1 N–H and O–H groups in total. The lowest BCUT2D eigenvalue weighted by Crippen LogP contribution is -2.28. The number of aromatic nitrogens is 4. The Labute approximate surface area is 192 Å². The van der Waals surface area contributed by atoms with Crippen LogP contribution in [0.3, 0.4) is 0 Å². The molecule has 0 radical (unpaired) electrons. The number of hydrogen-bond acceptors (Lipinski definition) is 5. The van der Waals surface area contributed by atoms with Crippen LogP contribution in [0.1, 0.15) is 49.1 Å². The van der Waals surface area contributed by atoms with Gasteiger partial charge in [0.1, 0.15) is 5.75 Å². The summed E-state index contributed by atoms with van der Waals surface area (Å²) < 4.78 is 9.08. The van der Waals surface area contributed by atoms with Crippen LogP contribution in [0.25, 0.3) is 22.5 Å². The van der Waals surface area contributed by atoms with E-state index in [4.69, 9.17) is 4.74 Å². The molecule has 33 heavy (non-hydrogen) atoms. The monoisotopic (exact) mass is 444 g/mol. The molecule has 7 heteroatoms. The van der Waals surface area contributed by atoms with Crippen molar-refractivity contribution in [2.24, 2.45) is 0 Å². The average Bonchev–Trinajstić information content (AvgIpc) is 3.55. The van der Waals surface area contributed by atoms with Crippen molar-refractivity contribution < 1.29 is 9.84 Å². The van der Waals surface area contributed by atoms with Crippen molar-refractivity contribution in [3.05, 3.63) is 75.6 Å². The molecule has 170 valence electrons. The minimum atomic E-state index is -1.01. The number of rotatable bonds is 5. The topological polar surface area (TPSA) is 81.7 Å². The van der Waals surface area contributed by atoms with Gasteiger partial charge in [0, 0.05) is 23.0 Å². The van der Waals surface area contributed by atoms with E-state index in [1.165, 1.54) is 4.68 Å². The molecule has 3 aromatic heterocycles. The highest BCUT2D eigenvalue weighted by atomic mass is 16.5. The van der Waals surface area contributed by atoms with E-state index in [1.54, 1.807) is 42.8 Å².